The highest BCUT2D eigenvalue weighted by atomic mass is 31.2. The molecule has 4 unspecified atom stereocenters. The van der Waals surface area contributed by atoms with Crippen molar-refractivity contribution in [3.8, 4) is 0 Å². The summed E-state index contributed by atoms with van der Waals surface area (Å²) < 4.78 is 68.5. The first-order chi connectivity index (χ1) is 46.2. The molecule has 0 amide bonds. The zero-order valence-electron chi connectivity index (χ0n) is 63.0. The fraction of sp³-hybridized carbons (Fsp3) is 0.948. The molecule has 0 spiro atoms. The van der Waals surface area contributed by atoms with E-state index in [-0.39, 0.29) is 25.7 Å². The number of phosphoric ester groups is 2. The van der Waals surface area contributed by atoms with Crippen LogP contribution >= 0.6 is 15.6 Å². The van der Waals surface area contributed by atoms with Gasteiger partial charge in [-0.15, -0.1) is 0 Å². The van der Waals surface area contributed by atoms with Gasteiger partial charge in [0.05, 0.1) is 26.4 Å². The van der Waals surface area contributed by atoms with Gasteiger partial charge in [-0.05, 0) is 49.4 Å². The maximum atomic E-state index is 13.1. The average molecular weight is 1410 g/mol. The lowest BCUT2D eigenvalue weighted by molar-refractivity contribution is -0.161. The molecule has 0 aromatic heterocycles. The largest absolute Gasteiger partial charge is 0.472 e. The molecule has 0 saturated carbocycles. The second kappa shape index (κ2) is 66.3. The third kappa shape index (κ3) is 67.9. The Balaban J connectivity index is 5.18. The molecule has 96 heavy (non-hydrogen) atoms. The van der Waals surface area contributed by atoms with E-state index in [0.717, 1.165) is 120 Å². The number of carbonyl (C=O) groups is 4. The van der Waals surface area contributed by atoms with E-state index in [2.05, 4.69) is 55.4 Å². The van der Waals surface area contributed by atoms with Crippen LogP contribution in [0, 0.1) is 23.7 Å². The lowest BCUT2D eigenvalue weighted by Crippen LogP contribution is -2.30. The SMILES string of the molecule is CCC(C)CCCCCCCCCCCCCCCCCCCCC(=O)O[C@H](COC(=O)CCCCCCCCCCC(C)C)COP(=O)(O)OC[C@@H](O)COP(=O)(O)OC[C@@H](COC(=O)CCCCCCCCC(C)CC)OC(=O)CCCCCCCCCCCCC(C)C. The van der Waals surface area contributed by atoms with Crippen LogP contribution in [0.25, 0.3) is 0 Å². The summed E-state index contributed by atoms with van der Waals surface area (Å²) in [5.74, 6) is 0.957. The molecule has 3 N–H and O–H groups in total. The van der Waals surface area contributed by atoms with Crippen molar-refractivity contribution in [3.63, 3.8) is 0 Å². The summed E-state index contributed by atoms with van der Waals surface area (Å²) >= 11 is 0. The molecule has 0 aromatic rings. The summed E-state index contributed by atoms with van der Waals surface area (Å²) in [5, 5.41) is 10.6. The Kier molecular flexibility index (Phi) is 65.0. The third-order valence-corrected chi connectivity index (χ3v) is 20.4. The number of ether oxygens (including phenoxy) is 4. The van der Waals surface area contributed by atoms with Gasteiger partial charge in [-0.1, -0.05) is 338 Å². The van der Waals surface area contributed by atoms with Crippen LogP contribution in [0.5, 0.6) is 0 Å². The van der Waals surface area contributed by atoms with Crippen molar-refractivity contribution < 1.29 is 80.2 Å². The normalized spacial score (nSPS) is 14.7. The van der Waals surface area contributed by atoms with Gasteiger partial charge in [-0.2, -0.15) is 0 Å². The number of hydrogen-bond donors (Lipinski definition) is 3. The molecule has 0 aliphatic rings. The number of aliphatic hydroxyl groups excluding tert-OH is 1. The number of aliphatic hydroxyl groups is 1. The first-order valence-electron chi connectivity index (χ1n) is 39.8. The van der Waals surface area contributed by atoms with Gasteiger partial charge in [0.2, 0.25) is 0 Å². The zero-order valence-corrected chi connectivity index (χ0v) is 64.8. The summed E-state index contributed by atoms with van der Waals surface area (Å²) in [6, 6.07) is 0. The molecule has 0 fully saturated rings. The zero-order chi connectivity index (χ0) is 71.0. The predicted molar refractivity (Wildman–Crippen MR) is 391 cm³/mol. The standard InChI is InChI=1S/C77H150O17P2/c1-9-69(7)55-47-39-31-24-19-17-15-13-11-12-14-16-18-20-25-33-43-51-59-76(81)93-72(63-87-74(79)57-49-41-32-28-27-30-38-46-54-68(5)6)65-91-95(83,84)89-61-71(78)62-90-96(85,86)92-66-73(64-88-75(80)58-50-42-36-35-40-48-56-70(8)10-2)94-77(82)60-52-44-34-26-22-21-23-29-37-45-53-67(3)4/h67-73,78H,9-66H2,1-8H3,(H,83,84)(H,85,86)/t69?,70?,71-,72-,73-/m1/s1. The van der Waals surface area contributed by atoms with E-state index < -0.39 is 97.5 Å². The highest BCUT2D eigenvalue weighted by molar-refractivity contribution is 7.47. The Labute approximate surface area is 588 Å². The van der Waals surface area contributed by atoms with Gasteiger partial charge in [-0.25, -0.2) is 9.13 Å². The van der Waals surface area contributed by atoms with Crippen molar-refractivity contribution in [2.75, 3.05) is 39.6 Å². The highest BCUT2D eigenvalue weighted by Gasteiger charge is 2.30. The van der Waals surface area contributed by atoms with Crippen LogP contribution in [0.3, 0.4) is 0 Å². The molecule has 0 aliphatic carbocycles. The second-order valence-electron chi connectivity index (χ2n) is 29.2. The maximum Gasteiger partial charge on any atom is 0.472 e. The third-order valence-electron chi connectivity index (χ3n) is 18.5. The first kappa shape index (κ1) is 94.1. The van der Waals surface area contributed by atoms with E-state index in [4.69, 9.17) is 37.0 Å². The molecule has 0 radical (unpaired) electrons. The first-order valence-corrected chi connectivity index (χ1v) is 42.8. The van der Waals surface area contributed by atoms with E-state index in [9.17, 15) is 43.2 Å². The molecule has 0 saturated heterocycles. The van der Waals surface area contributed by atoms with Crippen LogP contribution in [0.4, 0.5) is 0 Å². The lowest BCUT2D eigenvalue weighted by atomic mass is 9.99. The fourth-order valence-electron chi connectivity index (χ4n) is 11.7. The van der Waals surface area contributed by atoms with Gasteiger partial charge in [0.1, 0.15) is 19.3 Å². The number of rotatable bonds is 74. The minimum absolute atomic E-state index is 0.105. The van der Waals surface area contributed by atoms with E-state index in [1.807, 2.05) is 0 Å². The van der Waals surface area contributed by atoms with Crippen molar-refractivity contribution in [2.45, 2.75) is 408 Å². The van der Waals surface area contributed by atoms with Gasteiger partial charge in [-0.3, -0.25) is 37.3 Å². The van der Waals surface area contributed by atoms with Crippen molar-refractivity contribution >= 4 is 39.5 Å². The van der Waals surface area contributed by atoms with Crippen LogP contribution in [0.2, 0.25) is 0 Å². The molecule has 0 heterocycles. The van der Waals surface area contributed by atoms with E-state index in [1.54, 1.807) is 0 Å². The Bertz CT molecular complexity index is 1890. The summed E-state index contributed by atoms with van der Waals surface area (Å²) in [4.78, 5) is 72.8. The van der Waals surface area contributed by atoms with Gasteiger partial charge in [0, 0.05) is 25.7 Å². The summed E-state index contributed by atoms with van der Waals surface area (Å²) in [7, 11) is -9.91. The van der Waals surface area contributed by atoms with E-state index in [1.165, 1.54) is 186 Å². The molecule has 7 atom stereocenters. The number of unbranched alkanes of at least 4 members (excludes halogenated alkanes) is 38. The summed E-state index contributed by atoms with van der Waals surface area (Å²) in [5.41, 5.74) is 0. The molecule has 570 valence electrons. The molecule has 0 aliphatic heterocycles. The van der Waals surface area contributed by atoms with Gasteiger partial charge in [0.15, 0.2) is 12.2 Å². The van der Waals surface area contributed by atoms with Crippen LogP contribution < -0.4 is 0 Å². The van der Waals surface area contributed by atoms with Crippen molar-refractivity contribution in [1.29, 1.82) is 0 Å². The molecular weight excluding hydrogens is 1260 g/mol. The van der Waals surface area contributed by atoms with Crippen LogP contribution in [-0.2, 0) is 65.4 Å². The van der Waals surface area contributed by atoms with Gasteiger partial charge < -0.3 is 33.8 Å². The monoisotopic (exact) mass is 1410 g/mol. The van der Waals surface area contributed by atoms with Crippen molar-refractivity contribution in [3.05, 3.63) is 0 Å². The van der Waals surface area contributed by atoms with Crippen molar-refractivity contribution in [2.24, 2.45) is 23.7 Å². The predicted octanol–water partition coefficient (Wildman–Crippen LogP) is 22.4. The maximum absolute atomic E-state index is 13.1. The average Bonchev–Trinajstić information content (AvgIpc) is 1.79. The number of esters is 4. The van der Waals surface area contributed by atoms with Crippen LogP contribution in [0.15, 0.2) is 0 Å². The van der Waals surface area contributed by atoms with Crippen molar-refractivity contribution in [1.82, 2.24) is 0 Å². The quantitative estimate of drug-likeness (QED) is 0.0222. The molecule has 0 aromatic carbocycles. The lowest BCUT2D eigenvalue weighted by Gasteiger charge is -2.21. The van der Waals surface area contributed by atoms with Gasteiger partial charge >= 0.3 is 39.5 Å². The molecular formula is C77H150O17P2. The molecule has 19 heteroatoms. The summed E-state index contributed by atoms with van der Waals surface area (Å²) in [6.45, 7) is 14.2. The van der Waals surface area contributed by atoms with Crippen LogP contribution in [-0.4, -0.2) is 96.7 Å². The Morgan fingerprint density at radius 2 is 0.500 bits per heavy atom. The Morgan fingerprint density at radius 1 is 0.292 bits per heavy atom. The number of carbonyl (C=O) groups excluding carboxylic acids is 4. The van der Waals surface area contributed by atoms with Crippen LogP contribution in [0.1, 0.15) is 389 Å². The number of hydrogen-bond acceptors (Lipinski definition) is 15. The molecule has 17 nitrogen and oxygen atoms in total. The molecule has 0 rings (SSSR count). The number of phosphoric acid groups is 2. The smallest absolute Gasteiger partial charge is 0.462 e. The Morgan fingerprint density at radius 3 is 0.740 bits per heavy atom. The second-order valence-corrected chi connectivity index (χ2v) is 32.1. The topological polar surface area (TPSA) is 237 Å². The summed E-state index contributed by atoms with van der Waals surface area (Å²) in [6.07, 6.45) is 51.5. The highest BCUT2D eigenvalue weighted by Crippen LogP contribution is 2.45. The van der Waals surface area contributed by atoms with E-state index >= 15 is 0 Å². The van der Waals surface area contributed by atoms with E-state index in [0.29, 0.717) is 25.7 Å². The fourth-order valence-corrected chi connectivity index (χ4v) is 13.2. The minimum Gasteiger partial charge on any atom is -0.462 e. The Hall–Kier alpha value is -1.94. The van der Waals surface area contributed by atoms with Gasteiger partial charge in [0.25, 0.3) is 0 Å². The molecule has 0 bridgehead atoms. The minimum atomic E-state index is -4.96.